The largest absolute Gasteiger partial charge is 0.324 e. The smallest absolute Gasteiger partial charge is 0.142 e. The van der Waals surface area contributed by atoms with Crippen LogP contribution in [0, 0.1) is 17.7 Å². The van der Waals surface area contributed by atoms with Crippen LogP contribution in [0.3, 0.4) is 0 Å². The maximum absolute atomic E-state index is 13.7. The molecule has 0 spiro atoms. The summed E-state index contributed by atoms with van der Waals surface area (Å²) in [6, 6.07) is 5.01. The lowest BCUT2D eigenvalue weighted by molar-refractivity contribution is 0.345. The Morgan fingerprint density at radius 3 is 2.40 bits per heavy atom. The van der Waals surface area contributed by atoms with E-state index in [9.17, 15) is 4.39 Å². The van der Waals surface area contributed by atoms with Crippen molar-refractivity contribution in [3.63, 3.8) is 0 Å². The summed E-state index contributed by atoms with van der Waals surface area (Å²) in [6.07, 6.45) is 0. The van der Waals surface area contributed by atoms with E-state index in [2.05, 4.69) is 36.7 Å². The predicted molar refractivity (Wildman–Crippen MR) is 65.0 cm³/mol. The molecule has 1 aromatic rings. The van der Waals surface area contributed by atoms with Gasteiger partial charge in [0, 0.05) is 11.6 Å². The molecular formula is C12H17BrFN. The Bertz CT molecular complexity index is 338. The summed E-state index contributed by atoms with van der Waals surface area (Å²) in [4.78, 5) is 0. The van der Waals surface area contributed by atoms with Gasteiger partial charge in [-0.3, -0.25) is 0 Å². The summed E-state index contributed by atoms with van der Waals surface area (Å²) in [5.41, 5.74) is 6.64. The maximum Gasteiger partial charge on any atom is 0.142 e. The van der Waals surface area contributed by atoms with Gasteiger partial charge >= 0.3 is 0 Å². The van der Waals surface area contributed by atoms with Gasteiger partial charge in [-0.15, -0.1) is 0 Å². The average Bonchev–Trinajstić information content (AvgIpc) is 2.20. The summed E-state index contributed by atoms with van der Waals surface area (Å²) in [5.74, 6) is 0.463. The molecule has 15 heavy (non-hydrogen) atoms. The van der Waals surface area contributed by atoms with Crippen LogP contribution in [-0.2, 0) is 0 Å². The molecule has 2 unspecified atom stereocenters. The number of benzene rings is 1. The molecule has 1 nitrogen and oxygen atoms in total. The van der Waals surface area contributed by atoms with Gasteiger partial charge in [0.05, 0.1) is 4.47 Å². The minimum atomic E-state index is -0.248. The first-order chi connectivity index (χ1) is 6.95. The molecule has 2 N–H and O–H groups in total. The highest BCUT2D eigenvalue weighted by Gasteiger charge is 2.21. The minimum absolute atomic E-state index is 0.238. The Morgan fingerprint density at radius 1 is 1.27 bits per heavy atom. The zero-order valence-electron chi connectivity index (χ0n) is 9.30. The van der Waals surface area contributed by atoms with Crippen molar-refractivity contribution in [2.24, 2.45) is 17.6 Å². The highest BCUT2D eigenvalue weighted by atomic mass is 79.9. The number of halogens is 2. The van der Waals surface area contributed by atoms with Crippen LogP contribution in [-0.4, -0.2) is 0 Å². The van der Waals surface area contributed by atoms with Crippen LogP contribution in [0.1, 0.15) is 32.4 Å². The van der Waals surface area contributed by atoms with Crippen molar-refractivity contribution in [3.8, 4) is 0 Å². The van der Waals surface area contributed by atoms with Crippen molar-refractivity contribution in [1.29, 1.82) is 0 Å². The lowest BCUT2D eigenvalue weighted by Gasteiger charge is -2.24. The first-order valence-electron chi connectivity index (χ1n) is 5.14. The Hall–Kier alpha value is -0.410. The van der Waals surface area contributed by atoms with Gasteiger partial charge in [-0.1, -0.05) is 32.9 Å². The average molecular weight is 274 g/mol. The van der Waals surface area contributed by atoms with Crippen LogP contribution in [0.25, 0.3) is 0 Å². The fourth-order valence-corrected chi connectivity index (χ4v) is 1.86. The molecule has 0 bridgehead atoms. The number of hydrogen-bond donors (Lipinski definition) is 1. The van der Waals surface area contributed by atoms with E-state index < -0.39 is 0 Å². The standard InChI is InChI=1S/C12H17BrFN/c1-7(2)8(3)12(15)9-5-4-6-10(13)11(9)14/h4-8,12H,15H2,1-3H3. The van der Waals surface area contributed by atoms with E-state index in [1.165, 1.54) is 0 Å². The Morgan fingerprint density at radius 2 is 1.87 bits per heavy atom. The second kappa shape index (κ2) is 5.08. The molecule has 0 aromatic heterocycles. The molecular weight excluding hydrogens is 257 g/mol. The third kappa shape index (κ3) is 2.79. The number of rotatable bonds is 3. The molecule has 0 heterocycles. The van der Waals surface area contributed by atoms with Crippen LogP contribution in [0.15, 0.2) is 22.7 Å². The van der Waals surface area contributed by atoms with E-state index in [4.69, 9.17) is 5.73 Å². The highest BCUT2D eigenvalue weighted by Crippen LogP contribution is 2.29. The van der Waals surface area contributed by atoms with Crippen LogP contribution in [0.2, 0.25) is 0 Å². The molecule has 3 heteroatoms. The molecule has 0 aliphatic rings. The van der Waals surface area contributed by atoms with Crippen LogP contribution >= 0.6 is 15.9 Å². The van der Waals surface area contributed by atoms with E-state index in [0.29, 0.717) is 16.0 Å². The first kappa shape index (κ1) is 12.7. The van der Waals surface area contributed by atoms with Crippen molar-refractivity contribution in [2.45, 2.75) is 26.8 Å². The van der Waals surface area contributed by atoms with Gasteiger partial charge in [0.1, 0.15) is 5.82 Å². The van der Waals surface area contributed by atoms with Gasteiger partial charge in [0.15, 0.2) is 0 Å². The monoisotopic (exact) mass is 273 g/mol. The number of nitrogens with two attached hydrogens (primary N) is 1. The summed E-state index contributed by atoms with van der Waals surface area (Å²) in [6.45, 7) is 6.25. The van der Waals surface area contributed by atoms with Gasteiger partial charge in [0.25, 0.3) is 0 Å². The van der Waals surface area contributed by atoms with E-state index in [1.54, 1.807) is 12.1 Å². The van der Waals surface area contributed by atoms with Crippen molar-refractivity contribution >= 4 is 15.9 Å². The Labute approximate surface area is 99.0 Å². The predicted octanol–water partition coefficient (Wildman–Crippen LogP) is 3.88. The highest BCUT2D eigenvalue weighted by molar-refractivity contribution is 9.10. The number of hydrogen-bond acceptors (Lipinski definition) is 1. The van der Waals surface area contributed by atoms with Crippen LogP contribution in [0.4, 0.5) is 4.39 Å². The summed E-state index contributed by atoms with van der Waals surface area (Å²) in [7, 11) is 0. The molecule has 2 atom stereocenters. The lowest BCUT2D eigenvalue weighted by Crippen LogP contribution is -2.24. The molecule has 0 fully saturated rings. The molecule has 0 aliphatic carbocycles. The normalized spacial score (nSPS) is 15.4. The first-order valence-corrected chi connectivity index (χ1v) is 5.94. The molecule has 1 aromatic carbocycles. The molecule has 1 rings (SSSR count). The summed E-state index contributed by atoms with van der Waals surface area (Å²) < 4.78 is 14.2. The van der Waals surface area contributed by atoms with Crippen LogP contribution < -0.4 is 5.73 Å². The van der Waals surface area contributed by atoms with E-state index >= 15 is 0 Å². The van der Waals surface area contributed by atoms with Gasteiger partial charge in [0.2, 0.25) is 0 Å². The Kier molecular flexibility index (Phi) is 4.29. The third-order valence-corrected chi connectivity index (χ3v) is 3.57. The van der Waals surface area contributed by atoms with E-state index in [1.807, 2.05) is 6.07 Å². The second-order valence-corrected chi connectivity index (χ2v) is 5.13. The Balaban J connectivity index is 3.01. The van der Waals surface area contributed by atoms with E-state index in [0.717, 1.165) is 0 Å². The molecule has 0 aliphatic heterocycles. The van der Waals surface area contributed by atoms with Gasteiger partial charge in [-0.2, -0.15) is 0 Å². The fourth-order valence-electron chi connectivity index (χ4n) is 1.48. The summed E-state index contributed by atoms with van der Waals surface area (Å²) >= 11 is 3.17. The quantitative estimate of drug-likeness (QED) is 0.889. The van der Waals surface area contributed by atoms with Crippen molar-refractivity contribution in [1.82, 2.24) is 0 Å². The van der Waals surface area contributed by atoms with E-state index in [-0.39, 0.29) is 17.8 Å². The fraction of sp³-hybridized carbons (Fsp3) is 0.500. The van der Waals surface area contributed by atoms with Crippen molar-refractivity contribution in [2.75, 3.05) is 0 Å². The minimum Gasteiger partial charge on any atom is -0.324 e. The summed E-state index contributed by atoms with van der Waals surface area (Å²) in [5, 5.41) is 0. The van der Waals surface area contributed by atoms with Crippen molar-refractivity contribution in [3.05, 3.63) is 34.1 Å². The molecule has 0 amide bonds. The molecule has 0 saturated carbocycles. The van der Waals surface area contributed by atoms with Crippen LogP contribution in [0.5, 0.6) is 0 Å². The van der Waals surface area contributed by atoms with Gasteiger partial charge < -0.3 is 5.73 Å². The second-order valence-electron chi connectivity index (χ2n) is 4.27. The van der Waals surface area contributed by atoms with Crippen molar-refractivity contribution < 1.29 is 4.39 Å². The molecule has 0 radical (unpaired) electrons. The topological polar surface area (TPSA) is 26.0 Å². The zero-order valence-corrected chi connectivity index (χ0v) is 10.9. The lowest BCUT2D eigenvalue weighted by atomic mass is 9.86. The molecule has 84 valence electrons. The SMILES string of the molecule is CC(C)C(C)C(N)c1cccc(Br)c1F. The zero-order chi connectivity index (χ0) is 11.6. The maximum atomic E-state index is 13.7. The van der Waals surface area contributed by atoms with Gasteiger partial charge in [-0.05, 0) is 33.8 Å². The third-order valence-electron chi connectivity index (χ3n) is 2.96. The molecule has 0 saturated heterocycles. The van der Waals surface area contributed by atoms with Gasteiger partial charge in [-0.25, -0.2) is 4.39 Å².